The zero-order valence-corrected chi connectivity index (χ0v) is 34.3. The number of fused-ring (bicyclic) bond motifs is 2. The molecule has 2 heterocycles. The number of nitrogens with zero attached hydrogens (tertiary/aromatic N) is 1. The van der Waals surface area contributed by atoms with Gasteiger partial charge in [-0.05, 0) is 91.2 Å². The summed E-state index contributed by atoms with van der Waals surface area (Å²) in [6, 6.07) is 6.86. The SMILES string of the molecule is C#CCCC(NC(=O)[C@@H]1[C@H]2CCC[C@H]2CN1C(=O)[C@@H](NC(=O)N[C@H](CC(C)S(=O)(=O)c1cccs1)C(C)(C)C)C1Cc2ccccc2C1)C(=O)C(=O)NCC=C. The van der Waals surface area contributed by atoms with E-state index < -0.39 is 74.2 Å². The Bertz CT molecular complexity index is 1910. The van der Waals surface area contributed by atoms with Crippen LogP contribution in [0.25, 0.3) is 0 Å². The first kappa shape index (κ1) is 42.7. The van der Waals surface area contributed by atoms with E-state index in [0.717, 1.165) is 35.3 Å². The largest absolute Gasteiger partial charge is 0.346 e. The van der Waals surface area contributed by atoms with Crippen molar-refractivity contribution in [2.75, 3.05) is 13.1 Å². The van der Waals surface area contributed by atoms with Crippen molar-refractivity contribution in [3.8, 4) is 12.3 Å². The van der Waals surface area contributed by atoms with Gasteiger partial charge in [0.25, 0.3) is 5.91 Å². The lowest BCUT2D eigenvalue weighted by molar-refractivity contribution is -0.144. The Hall–Kier alpha value is -4.48. The lowest BCUT2D eigenvalue weighted by atomic mass is 9.84. The predicted molar refractivity (Wildman–Crippen MR) is 216 cm³/mol. The maximum atomic E-state index is 15.0. The van der Waals surface area contributed by atoms with Crippen LogP contribution in [0.15, 0.2) is 58.6 Å². The number of thiophene rings is 1. The average molecular weight is 806 g/mol. The van der Waals surface area contributed by atoms with Crippen molar-refractivity contribution in [3.63, 3.8) is 0 Å². The van der Waals surface area contributed by atoms with Crippen LogP contribution in [0.3, 0.4) is 0 Å². The number of terminal acetylenes is 1. The normalized spacial score (nSPS) is 21.4. The van der Waals surface area contributed by atoms with Gasteiger partial charge in [-0.1, -0.05) is 63.6 Å². The van der Waals surface area contributed by atoms with Crippen LogP contribution in [-0.4, -0.2) is 85.4 Å². The number of amides is 5. The van der Waals surface area contributed by atoms with Gasteiger partial charge in [0.1, 0.15) is 16.3 Å². The van der Waals surface area contributed by atoms with Crippen molar-refractivity contribution in [2.24, 2.45) is 23.2 Å². The molecule has 1 saturated carbocycles. The summed E-state index contributed by atoms with van der Waals surface area (Å²) in [5.74, 6) is -0.596. The van der Waals surface area contributed by atoms with Crippen LogP contribution in [0.5, 0.6) is 0 Å². The number of hydrogen-bond acceptors (Lipinski definition) is 8. The summed E-state index contributed by atoms with van der Waals surface area (Å²) < 4.78 is 27.0. The molecule has 7 atom stereocenters. The maximum absolute atomic E-state index is 15.0. The van der Waals surface area contributed by atoms with Gasteiger partial charge >= 0.3 is 6.03 Å². The molecule has 0 bridgehead atoms. The van der Waals surface area contributed by atoms with Gasteiger partial charge in [0.05, 0.1) is 11.3 Å². The van der Waals surface area contributed by atoms with E-state index in [4.69, 9.17) is 6.42 Å². The smallest absolute Gasteiger partial charge is 0.315 e. The van der Waals surface area contributed by atoms with Crippen LogP contribution in [0.4, 0.5) is 4.79 Å². The first-order valence-corrected chi connectivity index (χ1v) is 21.9. The van der Waals surface area contributed by atoms with Crippen LogP contribution in [0.2, 0.25) is 0 Å². The molecule has 2 aromatic rings. The molecule has 5 rings (SSSR count). The molecule has 3 aliphatic rings. The van der Waals surface area contributed by atoms with Crippen LogP contribution in [-0.2, 0) is 41.9 Å². The number of carbonyl (C=O) groups is 5. The van der Waals surface area contributed by atoms with E-state index in [1.165, 1.54) is 6.08 Å². The third-order valence-electron chi connectivity index (χ3n) is 11.6. The fourth-order valence-corrected chi connectivity index (χ4v) is 11.2. The summed E-state index contributed by atoms with van der Waals surface area (Å²) in [5, 5.41) is 12.2. The fraction of sp³-hybridized carbons (Fsp3) is 0.548. The number of benzene rings is 1. The summed E-state index contributed by atoms with van der Waals surface area (Å²) in [7, 11) is -3.64. The van der Waals surface area contributed by atoms with Crippen molar-refractivity contribution in [3.05, 3.63) is 65.6 Å². The Labute approximate surface area is 334 Å². The zero-order valence-electron chi connectivity index (χ0n) is 32.7. The number of carbonyl (C=O) groups excluding carboxylic acids is 5. The molecule has 302 valence electrons. The highest BCUT2D eigenvalue weighted by molar-refractivity contribution is 7.94. The molecule has 2 unspecified atom stereocenters. The number of urea groups is 1. The van der Waals surface area contributed by atoms with Crippen molar-refractivity contribution < 1.29 is 32.4 Å². The quantitative estimate of drug-likeness (QED) is 0.112. The summed E-state index contributed by atoms with van der Waals surface area (Å²) in [6.07, 6.45) is 10.8. The molecule has 1 aliphatic heterocycles. The molecule has 12 nitrogen and oxygen atoms in total. The Morgan fingerprint density at radius 3 is 2.34 bits per heavy atom. The average Bonchev–Trinajstić information content (AvgIpc) is 3.98. The van der Waals surface area contributed by atoms with Crippen LogP contribution >= 0.6 is 11.3 Å². The Morgan fingerprint density at radius 2 is 1.73 bits per heavy atom. The molecule has 0 radical (unpaired) electrons. The first-order chi connectivity index (χ1) is 26.6. The van der Waals surface area contributed by atoms with E-state index >= 15 is 0 Å². The molecular formula is C42H55N5O7S2. The van der Waals surface area contributed by atoms with Crippen LogP contribution in [0, 0.1) is 35.5 Å². The Balaban J connectivity index is 1.40. The van der Waals surface area contributed by atoms with Gasteiger partial charge in [-0.3, -0.25) is 19.2 Å². The van der Waals surface area contributed by atoms with E-state index in [-0.39, 0.29) is 47.8 Å². The minimum atomic E-state index is -3.64. The van der Waals surface area contributed by atoms with Crippen LogP contribution < -0.4 is 21.3 Å². The van der Waals surface area contributed by atoms with Crippen molar-refractivity contribution in [1.29, 1.82) is 0 Å². The summed E-state index contributed by atoms with van der Waals surface area (Å²) in [5.41, 5.74) is 1.62. The Morgan fingerprint density at radius 1 is 1.04 bits per heavy atom. The molecule has 0 spiro atoms. The summed E-state index contributed by atoms with van der Waals surface area (Å²) in [4.78, 5) is 70.7. The topological polar surface area (TPSA) is 171 Å². The van der Waals surface area contributed by atoms with Gasteiger partial charge < -0.3 is 26.2 Å². The molecule has 2 aliphatic carbocycles. The second-order valence-electron chi connectivity index (χ2n) is 16.4. The van der Waals surface area contributed by atoms with Gasteiger partial charge in [-0.15, -0.1) is 30.3 Å². The molecule has 1 aromatic heterocycles. The van der Waals surface area contributed by atoms with Gasteiger partial charge in [-0.25, -0.2) is 13.2 Å². The highest BCUT2D eigenvalue weighted by atomic mass is 32.2. The predicted octanol–water partition coefficient (Wildman–Crippen LogP) is 4.19. The van der Waals surface area contributed by atoms with Crippen molar-refractivity contribution in [1.82, 2.24) is 26.2 Å². The number of ketones is 1. The minimum absolute atomic E-state index is 0.0458. The number of likely N-dealkylation sites (tertiary alicyclic amines) is 1. The van der Waals surface area contributed by atoms with Crippen molar-refractivity contribution in [2.45, 2.75) is 113 Å². The fourth-order valence-electron chi connectivity index (χ4n) is 8.47. The molecule has 1 saturated heterocycles. The summed E-state index contributed by atoms with van der Waals surface area (Å²) >= 11 is 1.16. The Kier molecular flexibility index (Phi) is 13.9. The highest BCUT2D eigenvalue weighted by Crippen LogP contribution is 2.43. The molecule has 4 N–H and O–H groups in total. The van der Waals surface area contributed by atoms with E-state index in [9.17, 15) is 32.4 Å². The second kappa shape index (κ2) is 18.2. The van der Waals surface area contributed by atoms with Gasteiger partial charge in [0.15, 0.2) is 9.84 Å². The monoisotopic (exact) mass is 805 g/mol. The number of Topliss-reactive ketones (excluding diaryl/α,β-unsaturated/α-hetero) is 1. The van der Waals surface area contributed by atoms with E-state index in [2.05, 4.69) is 33.8 Å². The molecular weight excluding hydrogens is 751 g/mol. The van der Waals surface area contributed by atoms with E-state index in [1.807, 2.05) is 45.0 Å². The van der Waals surface area contributed by atoms with Crippen LogP contribution in [0.1, 0.15) is 77.3 Å². The van der Waals surface area contributed by atoms with Gasteiger partial charge in [0.2, 0.25) is 17.6 Å². The van der Waals surface area contributed by atoms with E-state index in [0.29, 0.717) is 25.8 Å². The lowest BCUT2D eigenvalue weighted by Gasteiger charge is -2.36. The van der Waals surface area contributed by atoms with E-state index in [1.54, 1.807) is 29.3 Å². The third-order valence-corrected chi connectivity index (χ3v) is 15.2. The molecule has 5 amide bonds. The number of sulfone groups is 1. The second-order valence-corrected chi connectivity index (χ2v) is 20.0. The maximum Gasteiger partial charge on any atom is 0.315 e. The lowest BCUT2D eigenvalue weighted by Crippen LogP contribution is -2.60. The first-order valence-electron chi connectivity index (χ1n) is 19.4. The van der Waals surface area contributed by atoms with Gasteiger partial charge in [0, 0.05) is 25.6 Å². The molecule has 1 aromatic carbocycles. The van der Waals surface area contributed by atoms with Crippen molar-refractivity contribution >= 4 is 50.7 Å². The molecule has 56 heavy (non-hydrogen) atoms. The highest BCUT2D eigenvalue weighted by Gasteiger charge is 2.52. The molecule has 14 heteroatoms. The van der Waals surface area contributed by atoms with Gasteiger partial charge in [-0.2, -0.15) is 0 Å². The third kappa shape index (κ3) is 9.72. The number of hydrogen-bond donors (Lipinski definition) is 4. The summed E-state index contributed by atoms with van der Waals surface area (Å²) in [6.45, 7) is 11.4. The minimum Gasteiger partial charge on any atom is -0.346 e. The number of rotatable bonds is 16. The molecule has 2 fully saturated rings. The standard InChI is InChI=1S/C42H55N5O7S2/c1-7-9-18-32(37(48)39(50)43-20-8-2)44-38(49)36-31-17-12-16-29(31)25-47(36)40(51)35(30-23-27-14-10-11-15-28(27)24-30)46-41(52)45-33(42(4,5)6)22-26(3)56(53,54)34-19-13-21-55-34/h1,8,10-11,13-15,19,21,26,29-33,35-36H,2,9,12,16-18,20,22-25H2,3-6H3,(H,43,50)(H,44,49)(H2,45,46,52)/t26?,29-,31-,32?,33+,35-,36-/m0/s1. The number of nitrogens with one attached hydrogen (secondary N) is 4. The zero-order chi connectivity index (χ0) is 40.8.